The van der Waals surface area contributed by atoms with Gasteiger partial charge in [0.15, 0.2) is 11.7 Å². The number of rotatable bonds is 10. The highest BCUT2D eigenvalue weighted by atomic mass is 15.1. The highest BCUT2D eigenvalue weighted by Gasteiger charge is 2.21. The van der Waals surface area contributed by atoms with Crippen LogP contribution < -0.4 is 10.6 Å². The summed E-state index contributed by atoms with van der Waals surface area (Å²) in [6, 6.07) is 25.0. The van der Waals surface area contributed by atoms with Crippen molar-refractivity contribution in [1.82, 2.24) is 9.97 Å². The van der Waals surface area contributed by atoms with Crippen LogP contribution in [0.25, 0.3) is 0 Å². The minimum absolute atomic E-state index is 0.323. The molecule has 0 bridgehead atoms. The van der Waals surface area contributed by atoms with E-state index >= 15 is 0 Å². The molecular weight excluding hydrogens is 540 g/mol. The molecule has 0 aliphatic rings. The lowest BCUT2D eigenvalue weighted by molar-refractivity contribution is 0.838. The fourth-order valence-corrected chi connectivity index (χ4v) is 5.28. The van der Waals surface area contributed by atoms with Gasteiger partial charge >= 0.3 is 0 Å². The van der Waals surface area contributed by atoms with Gasteiger partial charge in [0.25, 0.3) is 0 Å². The Kier molecular flexibility index (Phi) is 11.4. The van der Waals surface area contributed by atoms with E-state index in [0.717, 1.165) is 22.8 Å². The number of hydrogen-bond acceptors (Lipinski definition) is 4. The van der Waals surface area contributed by atoms with Crippen molar-refractivity contribution in [2.75, 3.05) is 10.6 Å². The number of aromatic nitrogens is 2. The van der Waals surface area contributed by atoms with Gasteiger partial charge in [-0.2, -0.15) is 0 Å². The summed E-state index contributed by atoms with van der Waals surface area (Å²) in [4.78, 5) is 19.5. The zero-order valence-electron chi connectivity index (χ0n) is 27.6. The van der Waals surface area contributed by atoms with Gasteiger partial charge in [-0.05, 0) is 70.2 Å². The van der Waals surface area contributed by atoms with Gasteiger partial charge < -0.3 is 10.6 Å². The van der Waals surface area contributed by atoms with Gasteiger partial charge in [-0.1, -0.05) is 104 Å². The van der Waals surface area contributed by atoms with E-state index in [1.165, 1.54) is 22.3 Å². The van der Waals surface area contributed by atoms with Crippen molar-refractivity contribution >= 4 is 23.0 Å². The van der Waals surface area contributed by atoms with Gasteiger partial charge in [-0.25, -0.2) is 0 Å². The predicted molar refractivity (Wildman–Crippen MR) is 187 cm³/mol. The van der Waals surface area contributed by atoms with E-state index < -0.39 is 0 Å². The van der Waals surface area contributed by atoms with Crippen LogP contribution in [-0.4, -0.2) is 21.6 Å². The first-order chi connectivity index (χ1) is 21.2. The van der Waals surface area contributed by atoms with Crippen LogP contribution in [0.2, 0.25) is 0 Å². The Bertz CT molecular complexity index is 1380. The number of nitrogens with one attached hydrogen (secondary N) is 2. The van der Waals surface area contributed by atoms with E-state index in [-0.39, 0.29) is 0 Å². The van der Waals surface area contributed by atoms with E-state index in [1.807, 2.05) is 48.8 Å². The molecule has 0 amide bonds. The summed E-state index contributed by atoms with van der Waals surface area (Å²) in [5, 5.41) is 7.62. The summed E-state index contributed by atoms with van der Waals surface area (Å²) in [5.74, 6) is 2.65. The maximum Gasteiger partial charge on any atom is 0.169 e. The molecule has 2 N–H and O–H groups in total. The van der Waals surface area contributed by atoms with Gasteiger partial charge in [0.2, 0.25) is 0 Å². The topological polar surface area (TPSA) is 74.6 Å². The Morgan fingerprint density at radius 3 is 1.11 bits per heavy atom. The van der Waals surface area contributed by atoms with Crippen LogP contribution in [0, 0.1) is 0 Å². The van der Waals surface area contributed by atoms with Crippen molar-refractivity contribution in [1.29, 1.82) is 0 Å². The van der Waals surface area contributed by atoms with Gasteiger partial charge in [0.05, 0.1) is 24.5 Å². The van der Waals surface area contributed by atoms with Crippen LogP contribution in [0.3, 0.4) is 0 Å². The molecule has 0 atom stereocenters. The normalized spacial score (nSPS) is 12.5. The summed E-state index contributed by atoms with van der Waals surface area (Å²) in [6.07, 6.45) is 3.62. The quantitative estimate of drug-likeness (QED) is 0.143. The molecule has 6 nitrogen and oxygen atoms in total. The molecule has 2 aromatic heterocycles. The zero-order chi connectivity index (χ0) is 31.6. The van der Waals surface area contributed by atoms with Crippen molar-refractivity contribution in [3.8, 4) is 0 Å². The average molecular weight is 589 g/mol. The lowest BCUT2D eigenvalue weighted by atomic mass is 9.92. The third kappa shape index (κ3) is 8.40. The number of benzene rings is 2. The van der Waals surface area contributed by atoms with E-state index in [9.17, 15) is 0 Å². The molecule has 0 unspecified atom stereocenters. The fourth-order valence-electron chi connectivity index (χ4n) is 5.28. The first kappa shape index (κ1) is 32.6. The van der Waals surface area contributed by atoms with Crippen LogP contribution in [0.1, 0.15) is 113 Å². The summed E-state index contributed by atoms with van der Waals surface area (Å²) >= 11 is 0. The molecule has 4 rings (SSSR count). The van der Waals surface area contributed by atoms with Crippen LogP contribution in [0.4, 0.5) is 11.4 Å². The zero-order valence-corrected chi connectivity index (χ0v) is 27.6. The summed E-state index contributed by atoms with van der Waals surface area (Å²) in [6.45, 7) is 18.7. The number of amidine groups is 2. The van der Waals surface area contributed by atoms with Gasteiger partial charge in [-0.3, -0.25) is 20.0 Å². The summed E-state index contributed by atoms with van der Waals surface area (Å²) in [7, 11) is 0. The molecule has 6 heteroatoms. The summed E-state index contributed by atoms with van der Waals surface area (Å²) < 4.78 is 0. The van der Waals surface area contributed by atoms with Gasteiger partial charge in [0, 0.05) is 23.8 Å². The first-order valence-electron chi connectivity index (χ1n) is 15.8. The maximum atomic E-state index is 5.18. The molecule has 0 fully saturated rings. The highest BCUT2D eigenvalue weighted by molar-refractivity contribution is 6.48. The Balaban J connectivity index is 1.92. The standard InChI is InChI=1S/C38H48N6/c1-25(2)31-17-13-18-32(26(3)4)35(31)43-37(41-23-29-15-9-11-21-39-29)38(42-24-30-16-10-12-22-40-30)44-36-33(27(5)6)19-14-20-34(36)28(7)8/h9-22,25-28H,23-24H2,1-8H3,(H,41,43)(H,42,44). The molecule has 0 spiro atoms. The third-order valence-corrected chi connectivity index (χ3v) is 7.71. The Morgan fingerprint density at radius 2 is 0.841 bits per heavy atom. The molecule has 2 aromatic carbocycles. The predicted octanol–water partition coefficient (Wildman–Crippen LogP) is 9.69. The fraction of sp³-hybridized carbons (Fsp3) is 0.368. The van der Waals surface area contributed by atoms with E-state index in [4.69, 9.17) is 9.98 Å². The lowest BCUT2D eigenvalue weighted by Crippen LogP contribution is -2.32. The lowest BCUT2D eigenvalue weighted by Gasteiger charge is -2.25. The number of anilines is 2. The minimum atomic E-state index is 0.323. The van der Waals surface area contributed by atoms with E-state index in [2.05, 4.69) is 112 Å². The van der Waals surface area contributed by atoms with Crippen molar-refractivity contribution in [3.05, 3.63) is 119 Å². The Hall–Kier alpha value is -4.32. The third-order valence-electron chi connectivity index (χ3n) is 7.71. The molecule has 0 radical (unpaired) electrons. The first-order valence-corrected chi connectivity index (χ1v) is 15.8. The van der Waals surface area contributed by atoms with Crippen molar-refractivity contribution in [3.63, 3.8) is 0 Å². The van der Waals surface area contributed by atoms with Gasteiger partial charge in [0.1, 0.15) is 0 Å². The van der Waals surface area contributed by atoms with Crippen LogP contribution in [0.5, 0.6) is 0 Å². The molecule has 0 saturated carbocycles. The second-order valence-electron chi connectivity index (χ2n) is 12.5. The molecule has 230 valence electrons. The number of aliphatic imine (C=N–C) groups is 2. The van der Waals surface area contributed by atoms with Gasteiger partial charge in [-0.15, -0.1) is 0 Å². The molecule has 0 aliphatic heterocycles. The Morgan fingerprint density at radius 1 is 0.500 bits per heavy atom. The molecule has 2 heterocycles. The van der Waals surface area contributed by atoms with E-state index in [1.54, 1.807) is 0 Å². The second-order valence-corrected chi connectivity index (χ2v) is 12.5. The second kappa shape index (κ2) is 15.4. The molecule has 4 aromatic rings. The molecular formula is C38H48N6. The molecule has 44 heavy (non-hydrogen) atoms. The van der Waals surface area contributed by atoms with Crippen molar-refractivity contribution < 1.29 is 0 Å². The smallest absolute Gasteiger partial charge is 0.169 e. The average Bonchev–Trinajstić information content (AvgIpc) is 3.01. The molecule has 0 saturated heterocycles. The molecule has 0 aliphatic carbocycles. The minimum Gasteiger partial charge on any atom is -0.337 e. The van der Waals surface area contributed by atoms with Crippen LogP contribution in [0.15, 0.2) is 95.2 Å². The largest absolute Gasteiger partial charge is 0.337 e. The number of pyridine rings is 2. The number of para-hydroxylation sites is 2. The van der Waals surface area contributed by atoms with Crippen LogP contribution >= 0.6 is 0 Å². The summed E-state index contributed by atoms with van der Waals surface area (Å²) in [5.41, 5.74) is 8.95. The maximum absolute atomic E-state index is 5.18. The Labute approximate surface area is 264 Å². The monoisotopic (exact) mass is 588 g/mol. The SMILES string of the molecule is CC(C)c1cccc(C(C)C)c1NC(=NCc1ccccn1)C(=NCc1ccccn1)Nc1c(C(C)C)cccc1C(C)C. The van der Waals surface area contributed by atoms with Crippen molar-refractivity contribution in [2.45, 2.75) is 92.2 Å². The van der Waals surface area contributed by atoms with E-state index in [0.29, 0.717) is 48.4 Å². The number of hydrogen-bond donors (Lipinski definition) is 2. The van der Waals surface area contributed by atoms with Crippen LogP contribution in [-0.2, 0) is 13.1 Å². The van der Waals surface area contributed by atoms with Crippen molar-refractivity contribution in [2.24, 2.45) is 9.98 Å². The highest BCUT2D eigenvalue weighted by Crippen LogP contribution is 2.34. The number of nitrogens with zero attached hydrogens (tertiary/aromatic N) is 4.